The molecule has 0 N–H and O–H groups in total. The minimum absolute atomic E-state index is 0.466. The van der Waals surface area contributed by atoms with Crippen molar-refractivity contribution in [2.24, 2.45) is 0 Å². The lowest BCUT2D eigenvalue weighted by Crippen LogP contribution is -1.88. The molecule has 0 aliphatic rings. The minimum Gasteiger partial charge on any atom is -0.482 e. The smallest absolute Gasteiger partial charge is 0.150 e. The summed E-state index contributed by atoms with van der Waals surface area (Å²) in [7, 11) is 0. The van der Waals surface area contributed by atoms with Gasteiger partial charge in [0.25, 0.3) is 0 Å². The zero-order valence-electron chi connectivity index (χ0n) is 5.79. The molecule has 0 aromatic heterocycles. The number of benzene rings is 1. The Morgan fingerprint density at radius 3 is 2.45 bits per heavy atom. The summed E-state index contributed by atoms with van der Waals surface area (Å²) in [5.41, 5.74) is 1.12. The van der Waals surface area contributed by atoms with Gasteiger partial charge in [0.15, 0.2) is 0 Å². The molecule has 3 heteroatoms. The molecule has 0 aliphatic heterocycles. The van der Waals surface area contributed by atoms with Gasteiger partial charge in [-0.1, -0.05) is 0 Å². The first-order chi connectivity index (χ1) is 5.36. The third-order valence-electron chi connectivity index (χ3n) is 1.24. The largest absolute Gasteiger partial charge is 0.482 e. The van der Waals surface area contributed by atoms with Gasteiger partial charge in [-0.05, 0) is 40.2 Å². The van der Waals surface area contributed by atoms with Crippen molar-refractivity contribution < 1.29 is 9.53 Å². The van der Waals surface area contributed by atoms with Gasteiger partial charge in [0.1, 0.15) is 17.6 Å². The van der Waals surface area contributed by atoms with E-state index in [2.05, 4.69) is 15.9 Å². The van der Waals surface area contributed by atoms with E-state index in [0.717, 1.165) is 12.0 Å². The molecule has 1 rings (SSSR count). The van der Waals surface area contributed by atoms with Crippen LogP contribution in [-0.2, 0) is 0 Å². The fourth-order valence-corrected chi connectivity index (χ4v) is 0.970. The Kier molecular flexibility index (Phi) is 3.11. The Labute approximate surface area is 73.3 Å². The van der Waals surface area contributed by atoms with E-state index in [-0.39, 0.29) is 0 Å². The van der Waals surface area contributed by atoms with Crippen molar-refractivity contribution in [1.82, 2.24) is 0 Å². The van der Waals surface area contributed by atoms with Crippen LogP contribution in [0.1, 0.15) is 10.4 Å². The summed E-state index contributed by atoms with van der Waals surface area (Å²) in [4.78, 5) is 10.2. The molecule has 0 amide bonds. The number of rotatable bonds is 3. The third-order valence-corrected chi connectivity index (χ3v) is 1.47. The number of carbonyl (C=O) groups is 1. The van der Waals surface area contributed by atoms with Gasteiger partial charge in [0, 0.05) is 5.56 Å². The summed E-state index contributed by atoms with van der Waals surface area (Å²) in [5.74, 6) is 0.757. The molecule has 0 bridgehead atoms. The Hall–Kier alpha value is -0.830. The van der Waals surface area contributed by atoms with Crippen LogP contribution >= 0.6 is 15.9 Å². The molecule has 2 nitrogen and oxygen atoms in total. The van der Waals surface area contributed by atoms with Gasteiger partial charge in [-0.15, -0.1) is 0 Å². The molecule has 0 unspecified atom stereocenters. The summed E-state index contributed by atoms with van der Waals surface area (Å²) in [6.07, 6.45) is 0.803. The van der Waals surface area contributed by atoms with E-state index in [4.69, 9.17) is 4.74 Å². The van der Waals surface area contributed by atoms with E-state index in [0.29, 0.717) is 11.1 Å². The molecular formula is C8H7BrO2. The number of halogens is 1. The van der Waals surface area contributed by atoms with Gasteiger partial charge in [0.2, 0.25) is 0 Å². The Bertz CT molecular complexity index is 230. The highest BCUT2D eigenvalue weighted by Crippen LogP contribution is 2.11. The summed E-state index contributed by atoms with van der Waals surface area (Å²) >= 11 is 3.13. The third kappa shape index (κ3) is 2.35. The zero-order chi connectivity index (χ0) is 8.10. The molecule has 1 aromatic rings. The normalized spacial score (nSPS) is 9.18. The number of aldehydes is 1. The highest BCUT2D eigenvalue weighted by molar-refractivity contribution is 9.09. The number of alkyl halides is 1. The van der Waals surface area contributed by atoms with Crippen LogP contribution in [0.2, 0.25) is 0 Å². The fraction of sp³-hybridized carbons (Fsp3) is 0.125. The summed E-state index contributed by atoms with van der Waals surface area (Å²) in [5, 5.41) is 0. The van der Waals surface area contributed by atoms with E-state index in [9.17, 15) is 4.79 Å². The van der Waals surface area contributed by atoms with Crippen LogP contribution in [0.5, 0.6) is 5.75 Å². The topological polar surface area (TPSA) is 26.3 Å². The average Bonchev–Trinajstić information content (AvgIpc) is 2.07. The average molecular weight is 215 g/mol. The molecule has 58 valence electrons. The fourth-order valence-electron chi connectivity index (χ4n) is 0.706. The van der Waals surface area contributed by atoms with Crippen molar-refractivity contribution in [1.29, 1.82) is 0 Å². The lowest BCUT2D eigenvalue weighted by Gasteiger charge is -1.99. The van der Waals surface area contributed by atoms with Gasteiger partial charge in [0.05, 0.1) is 0 Å². The van der Waals surface area contributed by atoms with Crippen molar-refractivity contribution in [3.05, 3.63) is 29.8 Å². The SMILES string of the molecule is O=Cc1ccc(OCBr)cc1. The molecule has 11 heavy (non-hydrogen) atoms. The summed E-state index contributed by atoms with van der Waals surface area (Å²) in [6, 6.07) is 6.94. The molecule has 0 saturated heterocycles. The summed E-state index contributed by atoms with van der Waals surface area (Å²) < 4.78 is 5.11. The van der Waals surface area contributed by atoms with Gasteiger partial charge in [-0.2, -0.15) is 0 Å². The maximum absolute atomic E-state index is 10.2. The lowest BCUT2D eigenvalue weighted by molar-refractivity contribution is 0.112. The second kappa shape index (κ2) is 4.13. The zero-order valence-corrected chi connectivity index (χ0v) is 7.37. The highest BCUT2D eigenvalue weighted by Gasteiger charge is 1.91. The second-order valence-electron chi connectivity index (χ2n) is 1.94. The first kappa shape index (κ1) is 8.27. The molecule has 0 aliphatic carbocycles. The van der Waals surface area contributed by atoms with Crippen molar-refractivity contribution in [3.63, 3.8) is 0 Å². The van der Waals surface area contributed by atoms with Crippen molar-refractivity contribution in [3.8, 4) is 5.75 Å². The van der Waals surface area contributed by atoms with E-state index in [1.165, 1.54) is 0 Å². The molecule has 0 fully saturated rings. The van der Waals surface area contributed by atoms with Crippen LogP contribution in [0, 0.1) is 0 Å². The molecule has 1 aromatic carbocycles. The highest BCUT2D eigenvalue weighted by atomic mass is 79.9. The molecule has 0 saturated carbocycles. The van der Waals surface area contributed by atoms with Crippen LogP contribution in [0.15, 0.2) is 24.3 Å². The van der Waals surface area contributed by atoms with Crippen LogP contribution < -0.4 is 4.74 Å². The van der Waals surface area contributed by atoms with E-state index < -0.39 is 0 Å². The number of carbonyl (C=O) groups excluding carboxylic acids is 1. The first-order valence-electron chi connectivity index (χ1n) is 3.11. The van der Waals surface area contributed by atoms with E-state index >= 15 is 0 Å². The predicted octanol–water partition coefficient (Wildman–Crippen LogP) is 2.23. The van der Waals surface area contributed by atoms with Crippen molar-refractivity contribution in [2.75, 3.05) is 5.52 Å². The standard InChI is InChI=1S/C8H7BrO2/c9-6-11-8-3-1-7(5-10)2-4-8/h1-5H,6H2. The molecular weight excluding hydrogens is 208 g/mol. The van der Waals surface area contributed by atoms with Crippen LogP contribution in [-0.4, -0.2) is 11.8 Å². The molecule has 0 spiro atoms. The molecule has 0 radical (unpaired) electrons. The van der Waals surface area contributed by atoms with Gasteiger partial charge in [-0.3, -0.25) is 4.79 Å². The van der Waals surface area contributed by atoms with Gasteiger partial charge >= 0.3 is 0 Å². The van der Waals surface area contributed by atoms with Gasteiger partial charge in [-0.25, -0.2) is 0 Å². The minimum atomic E-state index is 0.466. The number of hydrogen-bond donors (Lipinski definition) is 0. The molecule has 0 heterocycles. The maximum Gasteiger partial charge on any atom is 0.150 e. The second-order valence-corrected chi connectivity index (χ2v) is 2.40. The van der Waals surface area contributed by atoms with E-state index in [1.54, 1.807) is 24.3 Å². The van der Waals surface area contributed by atoms with Crippen molar-refractivity contribution in [2.45, 2.75) is 0 Å². The van der Waals surface area contributed by atoms with Crippen molar-refractivity contribution >= 4 is 22.2 Å². The molecule has 0 atom stereocenters. The quantitative estimate of drug-likeness (QED) is 0.570. The first-order valence-corrected chi connectivity index (χ1v) is 4.23. The predicted molar refractivity (Wildman–Crippen MR) is 46.3 cm³/mol. The lowest BCUT2D eigenvalue weighted by atomic mass is 10.2. The van der Waals surface area contributed by atoms with E-state index in [1.807, 2.05) is 0 Å². The number of hydrogen-bond acceptors (Lipinski definition) is 2. The Balaban J connectivity index is 2.74. The maximum atomic E-state index is 10.2. The number of ether oxygens (including phenoxy) is 1. The van der Waals surface area contributed by atoms with Gasteiger partial charge < -0.3 is 4.74 Å². The Morgan fingerprint density at radius 1 is 1.36 bits per heavy atom. The van der Waals surface area contributed by atoms with Crippen LogP contribution in [0.25, 0.3) is 0 Å². The van der Waals surface area contributed by atoms with Crippen LogP contribution in [0.3, 0.4) is 0 Å². The summed E-state index contributed by atoms with van der Waals surface area (Å²) in [6.45, 7) is 0. The van der Waals surface area contributed by atoms with Crippen LogP contribution in [0.4, 0.5) is 0 Å². The monoisotopic (exact) mass is 214 g/mol. The Morgan fingerprint density at radius 2 is 2.00 bits per heavy atom.